The monoisotopic (exact) mass is 449 g/mol. The molecule has 1 rings (SSSR count). The molecule has 27 heavy (non-hydrogen) atoms. The van der Waals surface area contributed by atoms with Crippen molar-refractivity contribution in [2.75, 3.05) is 13.2 Å². The number of aromatic nitrogens is 2. The summed E-state index contributed by atoms with van der Waals surface area (Å²) in [5.41, 5.74) is -12.4. The third-order valence-electron chi connectivity index (χ3n) is 2.86. The highest BCUT2D eigenvalue weighted by atomic mass is 32.3. The van der Waals surface area contributed by atoms with Gasteiger partial charge in [0.15, 0.2) is 20.0 Å². The Morgan fingerprint density at radius 1 is 1.07 bits per heavy atom. The number of halogens is 6. The highest BCUT2D eigenvalue weighted by molar-refractivity contribution is 8.13. The van der Waals surface area contributed by atoms with E-state index < -0.39 is 31.1 Å². The predicted molar refractivity (Wildman–Crippen MR) is 80.1 cm³/mol. The molecule has 0 saturated heterocycles. The summed E-state index contributed by atoms with van der Waals surface area (Å²) in [4.78, 5) is 0. The summed E-state index contributed by atoms with van der Waals surface area (Å²) in [6.07, 6.45) is 4.13. The minimum Gasteiger partial charge on any atom is -0.421 e. The molecule has 0 aliphatic rings. The van der Waals surface area contributed by atoms with E-state index in [1.54, 1.807) is 0 Å². The van der Waals surface area contributed by atoms with Crippen molar-refractivity contribution in [1.29, 1.82) is 0 Å². The molecule has 0 spiro atoms. The van der Waals surface area contributed by atoms with E-state index in [4.69, 9.17) is 4.74 Å². The van der Waals surface area contributed by atoms with Gasteiger partial charge in [0.25, 0.3) is 5.82 Å². The zero-order valence-electron chi connectivity index (χ0n) is 14.2. The van der Waals surface area contributed by atoms with Crippen LogP contribution in [0.5, 0.6) is 0 Å². The van der Waals surface area contributed by atoms with E-state index in [0.717, 1.165) is 23.9 Å². The van der Waals surface area contributed by atoms with Crippen LogP contribution in [0.4, 0.5) is 26.3 Å². The van der Waals surface area contributed by atoms with Gasteiger partial charge in [0.2, 0.25) is 0 Å². The number of hydrogen-bond donors (Lipinski definition) is 0. The Labute approximate surface area is 151 Å². The first kappa shape index (κ1) is 25.6. The number of ether oxygens (including phenoxy) is 1. The lowest BCUT2D eigenvalue weighted by molar-refractivity contribution is -0.677. The third-order valence-corrected chi connectivity index (χ3v) is 5.60. The summed E-state index contributed by atoms with van der Waals surface area (Å²) < 4.78 is 119. The molecule has 0 radical (unpaired) electrons. The number of nitrogens with zero attached hydrogens (tertiary/aromatic N) is 3. The molecule has 1 heterocycles. The SMILES string of the molecule is CCOCCn1cc[n+](C)c1C.O=S(=O)([N-]S(=O)(=O)C(F)(F)F)C(F)(F)F. The highest BCUT2D eigenvalue weighted by Crippen LogP contribution is 2.36. The normalized spacial score (nSPS) is 13.2. The van der Waals surface area contributed by atoms with E-state index in [9.17, 15) is 43.2 Å². The molecule has 1 aromatic rings. The minimum atomic E-state index is -6.72. The Bertz CT molecular complexity index is 773. The molecule has 0 fully saturated rings. The van der Waals surface area contributed by atoms with Gasteiger partial charge >= 0.3 is 11.0 Å². The van der Waals surface area contributed by atoms with Gasteiger partial charge in [0, 0.05) is 13.5 Å². The maximum absolute atomic E-state index is 11.4. The summed E-state index contributed by atoms with van der Waals surface area (Å²) in [6.45, 7) is 6.66. The van der Waals surface area contributed by atoms with Crippen LogP contribution in [0.3, 0.4) is 0 Å². The van der Waals surface area contributed by atoms with Crippen LogP contribution in [-0.4, -0.2) is 45.6 Å². The molecular weight excluding hydrogens is 432 g/mol. The van der Waals surface area contributed by atoms with E-state index in [-0.39, 0.29) is 0 Å². The largest absolute Gasteiger partial charge is 0.480 e. The Morgan fingerprint density at radius 3 is 1.81 bits per heavy atom. The van der Waals surface area contributed by atoms with Crippen LogP contribution in [0.15, 0.2) is 12.4 Å². The van der Waals surface area contributed by atoms with Crippen molar-refractivity contribution in [2.45, 2.75) is 31.4 Å². The van der Waals surface area contributed by atoms with Gasteiger partial charge in [-0.1, -0.05) is 0 Å². The second-order valence-electron chi connectivity index (χ2n) is 4.76. The maximum atomic E-state index is 11.4. The van der Waals surface area contributed by atoms with Crippen LogP contribution in [0, 0.1) is 6.92 Å². The first-order valence-corrected chi connectivity index (χ1v) is 9.80. The fourth-order valence-electron chi connectivity index (χ4n) is 1.36. The third kappa shape index (κ3) is 7.63. The minimum absolute atomic E-state index is 0.778. The van der Waals surface area contributed by atoms with Gasteiger partial charge in [-0.3, -0.25) is 0 Å². The summed E-state index contributed by atoms with van der Waals surface area (Å²) in [5.74, 6) is 1.26. The Hall–Kier alpha value is -1.39. The van der Waals surface area contributed by atoms with Gasteiger partial charge in [-0.2, -0.15) is 26.3 Å². The van der Waals surface area contributed by atoms with E-state index in [2.05, 4.69) is 28.5 Å². The summed E-state index contributed by atoms with van der Waals surface area (Å²) in [6, 6.07) is 0. The van der Waals surface area contributed by atoms with Crippen LogP contribution in [-0.2, 0) is 38.4 Å². The second-order valence-corrected chi connectivity index (χ2v) is 8.19. The van der Waals surface area contributed by atoms with Gasteiger partial charge in [0.1, 0.15) is 18.9 Å². The number of imidazole rings is 1. The number of rotatable bonds is 6. The van der Waals surface area contributed by atoms with E-state index in [1.807, 2.05) is 14.0 Å². The molecule has 0 aromatic carbocycles. The molecule has 16 heteroatoms. The maximum Gasteiger partial charge on any atom is 0.480 e. The summed E-state index contributed by atoms with van der Waals surface area (Å²) >= 11 is 0. The van der Waals surface area contributed by atoms with Crippen molar-refractivity contribution < 1.29 is 52.5 Å². The van der Waals surface area contributed by atoms with E-state index in [1.165, 1.54) is 5.82 Å². The average molecular weight is 449 g/mol. The summed E-state index contributed by atoms with van der Waals surface area (Å²) in [5, 5.41) is 0. The summed E-state index contributed by atoms with van der Waals surface area (Å²) in [7, 11) is -11.4. The van der Waals surface area contributed by atoms with Crippen molar-refractivity contribution >= 4 is 20.0 Å². The van der Waals surface area contributed by atoms with Crippen LogP contribution < -0.4 is 4.57 Å². The van der Waals surface area contributed by atoms with E-state index >= 15 is 0 Å². The number of hydrogen-bond acceptors (Lipinski definition) is 5. The Balaban J connectivity index is 0.000000511. The zero-order valence-corrected chi connectivity index (χ0v) is 15.9. The van der Waals surface area contributed by atoms with Gasteiger partial charge in [-0.05, 0) is 6.92 Å². The fraction of sp³-hybridized carbons (Fsp3) is 0.727. The number of sulfonamides is 2. The fourth-order valence-corrected chi connectivity index (χ4v) is 3.07. The lowest BCUT2D eigenvalue weighted by Crippen LogP contribution is -2.30. The van der Waals surface area contributed by atoms with Crippen LogP contribution in [0.1, 0.15) is 12.7 Å². The molecule has 0 unspecified atom stereocenters. The molecule has 0 bridgehead atoms. The Morgan fingerprint density at radius 2 is 1.52 bits per heavy atom. The average Bonchev–Trinajstić information content (AvgIpc) is 2.77. The lowest BCUT2D eigenvalue weighted by atomic mass is 10.6. The molecule has 1 aromatic heterocycles. The van der Waals surface area contributed by atoms with Crippen molar-refractivity contribution in [3.05, 3.63) is 22.3 Å². The van der Waals surface area contributed by atoms with Crippen molar-refractivity contribution in [2.24, 2.45) is 7.05 Å². The van der Waals surface area contributed by atoms with E-state index in [0.29, 0.717) is 0 Å². The second kappa shape index (κ2) is 9.20. The standard InChI is InChI=1S/C9H17N2O.C2F6NO4S2/c1-4-12-8-7-11-6-5-10(3)9(11)2;3-1(4,5)14(10,11)9-15(12,13)2(6,7)8/h5-6H,4,7-8H2,1-3H3;/q+1;-1. The topological polar surface area (TPSA) is 100 Å². The van der Waals surface area contributed by atoms with Crippen molar-refractivity contribution in [3.63, 3.8) is 0 Å². The molecule has 0 aliphatic carbocycles. The lowest BCUT2D eigenvalue weighted by Gasteiger charge is -2.22. The zero-order chi connectivity index (χ0) is 21.7. The quantitative estimate of drug-likeness (QED) is 0.374. The van der Waals surface area contributed by atoms with Crippen molar-refractivity contribution in [1.82, 2.24) is 4.57 Å². The molecule has 0 saturated carbocycles. The molecule has 0 aliphatic heterocycles. The highest BCUT2D eigenvalue weighted by Gasteiger charge is 2.46. The van der Waals surface area contributed by atoms with Gasteiger partial charge in [-0.15, -0.1) is 0 Å². The predicted octanol–water partition coefficient (Wildman–Crippen LogP) is 1.72. The molecule has 0 atom stereocenters. The first-order valence-electron chi connectivity index (χ1n) is 6.92. The smallest absolute Gasteiger partial charge is 0.421 e. The van der Waals surface area contributed by atoms with Gasteiger partial charge in [0.05, 0.1) is 13.7 Å². The van der Waals surface area contributed by atoms with Gasteiger partial charge in [-0.25, -0.2) is 26.0 Å². The molecule has 160 valence electrons. The first-order chi connectivity index (χ1) is 12.0. The van der Waals surface area contributed by atoms with Crippen LogP contribution in [0.2, 0.25) is 0 Å². The van der Waals surface area contributed by atoms with Crippen LogP contribution in [0.25, 0.3) is 4.13 Å². The molecule has 0 N–H and O–H groups in total. The number of aryl methyl sites for hydroxylation is 1. The Kier molecular flexibility index (Phi) is 8.73. The van der Waals surface area contributed by atoms with Gasteiger partial charge < -0.3 is 8.86 Å². The molecule has 8 nitrogen and oxygen atoms in total. The molecule has 0 amide bonds. The number of alkyl halides is 6. The molecular formula is C11H17F6N3O5S2. The van der Waals surface area contributed by atoms with Crippen molar-refractivity contribution in [3.8, 4) is 0 Å². The van der Waals surface area contributed by atoms with Crippen LogP contribution >= 0.6 is 0 Å².